The standard InChI is InChI=1S/C29H32N2O2/c1-22-12-14-23(15-13-22)20-29(19-17-28(33)31-29)18-16-27(32)30-21-26(24-8-4-2-5-9-24)25-10-6-3-7-11-25/h2-15,26H,16-21H2,1H3,(H,30,32)(H,31,33)/t29-/m0/s1. The maximum absolute atomic E-state index is 12.9. The number of amides is 2. The summed E-state index contributed by atoms with van der Waals surface area (Å²) in [6.45, 7) is 2.61. The molecular formula is C29H32N2O2. The minimum Gasteiger partial charge on any atom is -0.355 e. The highest BCUT2D eigenvalue weighted by Crippen LogP contribution is 2.30. The summed E-state index contributed by atoms with van der Waals surface area (Å²) >= 11 is 0. The smallest absolute Gasteiger partial charge is 0.220 e. The van der Waals surface area contributed by atoms with E-state index in [-0.39, 0.29) is 23.3 Å². The Kier molecular flexibility index (Phi) is 7.23. The second-order valence-corrected chi connectivity index (χ2v) is 9.17. The summed E-state index contributed by atoms with van der Waals surface area (Å²) in [4.78, 5) is 24.9. The molecule has 1 fully saturated rings. The number of nitrogens with one attached hydrogen (secondary N) is 2. The van der Waals surface area contributed by atoms with Crippen LogP contribution >= 0.6 is 0 Å². The van der Waals surface area contributed by atoms with Crippen LogP contribution in [0.5, 0.6) is 0 Å². The molecule has 1 saturated heterocycles. The van der Waals surface area contributed by atoms with E-state index in [0.29, 0.717) is 25.8 Å². The summed E-state index contributed by atoms with van der Waals surface area (Å²) in [5.41, 5.74) is 4.43. The first-order valence-corrected chi connectivity index (χ1v) is 11.8. The van der Waals surface area contributed by atoms with Crippen molar-refractivity contribution in [2.45, 2.75) is 50.5 Å². The molecule has 4 heteroatoms. The fraction of sp³-hybridized carbons (Fsp3) is 0.310. The van der Waals surface area contributed by atoms with Crippen molar-refractivity contribution >= 4 is 11.8 Å². The molecular weight excluding hydrogens is 408 g/mol. The van der Waals surface area contributed by atoms with Crippen LogP contribution in [0.25, 0.3) is 0 Å². The van der Waals surface area contributed by atoms with E-state index in [9.17, 15) is 9.59 Å². The summed E-state index contributed by atoms with van der Waals surface area (Å²) < 4.78 is 0. The average molecular weight is 441 g/mol. The summed E-state index contributed by atoms with van der Waals surface area (Å²) in [6.07, 6.45) is 3.08. The lowest BCUT2D eigenvalue weighted by Crippen LogP contribution is -2.44. The molecule has 0 radical (unpaired) electrons. The van der Waals surface area contributed by atoms with Crippen molar-refractivity contribution in [3.05, 3.63) is 107 Å². The van der Waals surface area contributed by atoms with Crippen molar-refractivity contribution in [3.8, 4) is 0 Å². The van der Waals surface area contributed by atoms with E-state index < -0.39 is 0 Å². The van der Waals surface area contributed by atoms with Crippen LogP contribution in [0, 0.1) is 6.92 Å². The van der Waals surface area contributed by atoms with E-state index >= 15 is 0 Å². The molecule has 4 rings (SSSR count). The number of carbonyl (C=O) groups is 2. The lowest BCUT2D eigenvalue weighted by atomic mass is 9.84. The number of carbonyl (C=O) groups excluding carboxylic acids is 2. The van der Waals surface area contributed by atoms with Gasteiger partial charge in [0.05, 0.1) is 0 Å². The third kappa shape index (κ3) is 6.10. The molecule has 0 saturated carbocycles. The van der Waals surface area contributed by atoms with Crippen LogP contribution in [0.2, 0.25) is 0 Å². The Bertz CT molecular complexity index is 1020. The Labute approximate surface area is 196 Å². The molecule has 33 heavy (non-hydrogen) atoms. The highest BCUT2D eigenvalue weighted by molar-refractivity contribution is 5.80. The first kappa shape index (κ1) is 22.8. The Hall–Kier alpha value is -3.40. The van der Waals surface area contributed by atoms with E-state index in [1.165, 1.54) is 22.3 Å². The van der Waals surface area contributed by atoms with Gasteiger partial charge in [0.1, 0.15) is 0 Å². The highest BCUT2D eigenvalue weighted by Gasteiger charge is 2.37. The predicted octanol–water partition coefficient (Wildman–Crippen LogP) is 4.91. The molecule has 0 aromatic heterocycles. The van der Waals surface area contributed by atoms with Crippen LogP contribution in [0.1, 0.15) is 53.9 Å². The van der Waals surface area contributed by atoms with Crippen LogP contribution in [-0.2, 0) is 16.0 Å². The van der Waals surface area contributed by atoms with E-state index in [2.05, 4.69) is 66.1 Å². The maximum atomic E-state index is 12.9. The molecule has 1 heterocycles. The van der Waals surface area contributed by atoms with Crippen molar-refractivity contribution in [2.24, 2.45) is 0 Å². The first-order chi connectivity index (χ1) is 16.0. The van der Waals surface area contributed by atoms with Crippen molar-refractivity contribution in [3.63, 3.8) is 0 Å². The Balaban J connectivity index is 1.39. The molecule has 0 unspecified atom stereocenters. The van der Waals surface area contributed by atoms with Crippen molar-refractivity contribution in [1.82, 2.24) is 10.6 Å². The maximum Gasteiger partial charge on any atom is 0.220 e. The van der Waals surface area contributed by atoms with Gasteiger partial charge in [0.2, 0.25) is 11.8 Å². The van der Waals surface area contributed by atoms with Gasteiger partial charge >= 0.3 is 0 Å². The molecule has 4 nitrogen and oxygen atoms in total. The van der Waals surface area contributed by atoms with Gasteiger partial charge in [-0.3, -0.25) is 9.59 Å². The lowest BCUT2D eigenvalue weighted by Gasteiger charge is -2.29. The predicted molar refractivity (Wildman–Crippen MR) is 132 cm³/mol. The Morgan fingerprint density at radius 1 is 0.939 bits per heavy atom. The molecule has 3 aromatic carbocycles. The molecule has 3 aromatic rings. The fourth-order valence-electron chi connectivity index (χ4n) is 4.73. The zero-order valence-corrected chi connectivity index (χ0v) is 19.2. The number of hydrogen-bond acceptors (Lipinski definition) is 2. The van der Waals surface area contributed by atoms with Gasteiger partial charge in [-0.25, -0.2) is 0 Å². The fourth-order valence-corrected chi connectivity index (χ4v) is 4.73. The van der Waals surface area contributed by atoms with Gasteiger partial charge in [0.25, 0.3) is 0 Å². The molecule has 1 aliphatic heterocycles. The van der Waals surface area contributed by atoms with E-state index in [0.717, 1.165) is 12.8 Å². The van der Waals surface area contributed by atoms with Crippen LogP contribution in [-0.4, -0.2) is 23.9 Å². The van der Waals surface area contributed by atoms with Gasteiger partial charge in [-0.1, -0.05) is 90.5 Å². The zero-order valence-electron chi connectivity index (χ0n) is 19.2. The minimum atomic E-state index is -0.345. The van der Waals surface area contributed by atoms with E-state index in [1.54, 1.807) is 0 Å². The molecule has 0 aliphatic carbocycles. The molecule has 1 aliphatic rings. The van der Waals surface area contributed by atoms with Gasteiger partial charge in [-0.05, 0) is 42.9 Å². The molecule has 1 atom stereocenters. The molecule has 170 valence electrons. The van der Waals surface area contributed by atoms with E-state index in [4.69, 9.17) is 0 Å². The van der Waals surface area contributed by atoms with Crippen molar-refractivity contribution in [1.29, 1.82) is 0 Å². The second kappa shape index (κ2) is 10.5. The van der Waals surface area contributed by atoms with Gasteiger partial charge < -0.3 is 10.6 Å². The Morgan fingerprint density at radius 3 is 2.09 bits per heavy atom. The van der Waals surface area contributed by atoms with Crippen LogP contribution < -0.4 is 10.6 Å². The molecule has 0 spiro atoms. The zero-order chi connectivity index (χ0) is 23.1. The molecule has 0 bridgehead atoms. The monoisotopic (exact) mass is 440 g/mol. The first-order valence-electron chi connectivity index (χ1n) is 11.8. The van der Waals surface area contributed by atoms with Crippen LogP contribution in [0.3, 0.4) is 0 Å². The number of aryl methyl sites for hydroxylation is 1. The number of rotatable bonds is 9. The van der Waals surface area contributed by atoms with E-state index in [1.807, 2.05) is 36.4 Å². The Morgan fingerprint density at radius 2 is 1.55 bits per heavy atom. The van der Waals surface area contributed by atoms with Crippen molar-refractivity contribution in [2.75, 3.05) is 6.54 Å². The SMILES string of the molecule is Cc1ccc(C[C@]2(CCC(=O)NCC(c3ccccc3)c3ccccc3)CCC(=O)N2)cc1. The van der Waals surface area contributed by atoms with Gasteiger partial charge in [-0.15, -0.1) is 0 Å². The van der Waals surface area contributed by atoms with Gasteiger partial charge in [0, 0.05) is 30.8 Å². The average Bonchev–Trinajstić information content (AvgIpc) is 3.21. The number of hydrogen-bond donors (Lipinski definition) is 2. The topological polar surface area (TPSA) is 58.2 Å². The summed E-state index contributed by atoms with van der Waals surface area (Å²) in [6, 6.07) is 29.0. The normalized spacial score (nSPS) is 17.7. The van der Waals surface area contributed by atoms with Gasteiger partial charge in [0.15, 0.2) is 0 Å². The van der Waals surface area contributed by atoms with Gasteiger partial charge in [-0.2, -0.15) is 0 Å². The minimum absolute atomic E-state index is 0.0243. The summed E-state index contributed by atoms with van der Waals surface area (Å²) in [5, 5.41) is 6.34. The second-order valence-electron chi connectivity index (χ2n) is 9.17. The van der Waals surface area contributed by atoms with Crippen molar-refractivity contribution < 1.29 is 9.59 Å². The van der Waals surface area contributed by atoms with Crippen LogP contribution in [0.4, 0.5) is 0 Å². The third-order valence-electron chi connectivity index (χ3n) is 6.64. The third-order valence-corrected chi connectivity index (χ3v) is 6.64. The quantitative estimate of drug-likeness (QED) is 0.496. The number of benzene rings is 3. The summed E-state index contributed by atoms with van der Waals surface area (Å²) in [5.74, 6) is 0.205. The molecule has 2 amide bonds. The lowest BCUT2D eigenvalue weighted by molar-refractivity contribution is -0.122. The largest absolute Gasteiger partial charge is 0.355 e. The molecule has 2 N–H and O–H groups in total. The summed E-state index contributed by atoms with van der Waals surface area (Å²) in [7, 11) is 0. The highest BCUT2D eigenvalue weighted by atomic mass is 16.2. The van der Waals surface area contributed by atoms with Crippen LogP contribution in [0.15, 0.2) is 84.9 Å².